The Labute approximate surface area is 112 Å². The van der Waals surface area contributed by atoms with Crippen molar-refractivity contribution in [2.24, 2.45) is 5.92 Å². The number of hydrogen-bond acceptors (Lipinski definition) is 2. The van der Waals surface area contributed by atoms with Crippen molar-refractivity contribution in [2.45, 2.75) is 53.1 Å². The lowest BCUT2D eigenvalue weighted by molar-refractivity contribution is 0.353. The molecule has 1 rings (SSSR count). The van der Waals surface area contributed by atoms with Crippen LogP contribution in [0.25, 0.3) is 0 Å². The summed E-state index contributed by atoms with van der Waals surface area (Å²) in [5.41, 5.74) is 2.53. The molecule has 0 amide bonds. The first-order valence-corrected chi connectivity index (χ1v) is 6.99. The van der Waals surface area contributed by atoms with Crippen LogP contribution in [-0.2, 0) is 6.54 Å². The van der Waals surface area contributed by atoms with Gasteiger partial charge in [-0.25, -0.2) is 0 Å². The van der Waals surface area contributed by atoms with E-state index in [4.69, 9.17) is 4.74 Å². The number of nitrogens with one attached hydrogen (secondary N) is 1. The van der Waals surface area contributed by atoms with Crippen molar-refractivity contribution in [1.29, 1.82) is 0 Å². The maximum absolute atomic E-state index is 5.28. The van der Waals surface area contributed by atoms with E-state index >= 15 is 0 Å². The summed E-state index contributed by atoms with van der Waals surface area (Å²) >= 11 is 0. The minimum atomic E-state index is 0.572. The quantitative estimate of drug-likeness (QED) is 0.791. The first-order chi connectivity index (χ1) is 8.62. The summed E-state index contributed by atoms with van der Waals surface area (Å²) in [7, 11) is 1.72. The van der Waals surface area contributed by atoms with Gasteiger partial charge in [-0.3, -0.25) is 0 Å². The van der Waals surface area contributed by atoms with Crippen molar-refractivity contribution >= 4 is 0 Å². The molecule has 1 N–H and O–H groups in total. The minimum absolute atomic E-state index is 0.572. The van der Waals surface area contributed by atoms with Gasteiger partial charge < -0.3 is 10.1 Å². The second kappa shape index (κ2) is 7.42. The van der Waals surface area contributed by atoms with Crippen molar-refractivity contribution in [3.63, 3.8) is 0 Å². The zero-order valence-corrected chi connectivity index (χ0v) is 12.4. The van der Waals surface area contributed by atoms with E-state index < -0.39 is 0 Å². The fraction of sp³-hybridized carbons (Fsp3) is 0.625. The Balaban J connectivity index is 2.55. The molecule has 0 aromatic heterocycles. The molecule has 0 spiro atoms. The van der Waals surface area contributed by atoms with Gasteiger partial charge in [0, 0.05) is 12.6 Å². The van der Waals surface area contributed by atoms with E-state index in [2.05, 4.69) is 45.1 Å². The molecule has 18 heavy (non-hydrogen) atoms. The van der Waals surface area contributed by atoms with Crippen LogP contribution < -0.4 is 10.1 Å². The zero-order valence-electron chi connectivity index (χ0n) is 12.4. The molecule has 102 valence electrons. The summed E-state index contributed by atoms with van der Waals surface area (Å²) in [4.78, 5) is 0. The van der Waals surface area contributed by atoms with Crippen LogP contribution in [-0.4, -0.2) is 13.2 Å². The Morgan fingerprint density at radius 2 is 1.89 bits per heavy atom. The Hall–Kier alpha value is -1.02. The van der Waals surface area contributed by atoms with Crippen LogP contribution in [0, 0.1) is 12.8 Å². The Kier molecular flexibility index (Phi) is 6.20. The van der Waals surface area contributed by atoms with E-state index in [0.29, 0.717) is 6.04 Å². The van der Waals surface area contributed by atoms with Gasteiger partial charge in [0.05, 0.1) is 7.11 Å². The molecular formula is C16H27NO. The molecule has 1 atom stereocenters. The summed E-state index contributed by atoms with van der Waals surface area (Å²) in [6, 6.07) is 6.96. The number of methoxy groups -OCH3 is 1. The van der Waals surface area contributed by atoms with Crippen LogP contribution in [0.5, 0.6) is 5.75 Å². The molecule has 1 unspecified atom stereocenters. The van der Waals surface area contributed by atoms with Gasteiger partial charge in [0.1, 0.15) is 5.75 Å². The van der Waals surface area contributed by atoms with Crippen LogP contribution >= 0.6 is 0 Å². The third kappa shape index (κ3) is 4.02. The highest BCUT2D eigenvalue weighted by Crippen LogP contribution is 2.19. The van der Waals surface area contributed by atoms with Gasteiger partial charge >= 0.3 is 0 Å². The number of ether oxygens (including phenoxy) is 1. The molecule has 1 aromatic carbocycles. The summed E-state index contributed by atoms with van der Waals surface area (Å²) in [6.45, 7) is 9.84. The average Bonchev–Trinajstić information content (AvgIpc) is 2.38. The smallest absolute Gasteiger partial charge is 0.121 e. The minimum Gasteiger partial charge on any atom is -0.496 e. The standard InChI is InChI=1S/C16H27NO/c1-6-15(7-2)13(4)17-11-14-8-9-16(18-5)12(3)10-14/h8-10,13,15,17H,6-7,11H2,1-5H3. The fourth-order valence-electron chi connectivity index (χ4n) is 2.49. The predicted molar refractivity (Wildman–Crippen MR) is 78.1 cm³/mol. The first kappa shape index (κ1) is 15.0. The Morgan fingerprint density at radius 3 is 2.39 bits per heavy atom. The molecular weight excluding hydrogens is 222 g/mol. The second-order valence-electron chi connectivity index (χ2n) is 5.05. The van der Waals surface area contributed by atoms with E-state index in [-0.39, 0.29) is 0 Å². The van der Waals surface area contributed by atoms with Gasteiger partial charge in [-0.05, 0) is 37.0 Å². The molecule has 2 nitrogen and oxygen atoms in total. The molecule has 1 aromatic rings. The van der Waals surface area contributed by atoms with Crippen LogP contribution in [0.3, 0.4) is 0 Å². The van der Waals surface area contributed by atoms with E-state index in [9.17, 15) is 0 Å². The monoisotopic (exact) mass is 249 g/mol. The lowest BCUT2D eigenvalue weighted by Crippen LogP contribution is -2.32. The molecule has 0 fully saturated rings. The van der Waals surface area contributed by atoms with Crippen LogP contribution in [0.1, 0.15) is 44.7 Å². The highest BCUT2D eigenvalue weighted by molar-refractivity contribution is 5.36. The van der Waals surface area contributed by atoms with Crippen molar-refractivity contribution < 1.29 is 4.74 Å². The Bertz CT molecular complexity index is 358. The predicted octanol–water partition coefficient (Wildman–Crippen LogP) is 3.92. The molecule has 0 saturated heterocycles. The summed E-state index contributed by atoms with van der Waals surface area (Å²) in [5, 5.41) is 3.62. The molecule has 0 aliphatic carbocycles. The molecule has 2 heteroatoms. The highest BCUT2D eigenvalue weighted by atomic mass is 16.5. The van der Waals surface area contributed by atoms with Crippen molar-refractivity contribution in [2.75, 3.05) is 7.11 Å². The molecule has 0 bridgehead atoms. The SMILES string of the molecule is CCC(CC)C(C)NCc1ccc(OC)c(C)c1. The van der Waals surface area contributed by atoms with Crippen molar-refractivity contribution in [1.82, 2.24) is 5.32 Å². The molecule has 0 aliphatic heterocycles. The van der Waals surface area contributed by atoms with Crippen LogP contribution in [0.4, 0.5) is 0 Å². The van der Waals surface area contributed by atoms with Gasteiger partial charge in [-0.1, -0.05) is 38.8 Å². The molecule has 0 saturated carbocycles. The molecule has 0 heterocycles. The van der Waals surface area contributed by atoms with Gasteiger partial charge in [-0.2, -0.15) is 0 Å². The van der Waals surface area contributed by atoms with Crippen molar-refractivity contribution in [3.8, 4) is 5.75 Å². The first-order valence-electron chi connectivity index (χ1n) is 6.99. The lowest BCUT2D eigenvalue weighted by Gasteiger charge is -2.22. The largest absolute Gasteiger partial charge is 0.496 e. The topological polar surface area (TPSA) is 21.3 Å². The molecule has 0 radical (unpaired) electrons. The van der Waals surface area contributed by atoms with E-state index in [1.165, 1.54) is 24.0 Å². The highest BCUT2D eigenvalue weighted by Gasteiger charge is 2.12. The van der Waals surface area contributed by atoms with Gasteiger partial charge in [0.2, 0.25) is 0 Å². The van der Waals surface area contributed by atoms with Crippen LogP contribution in [0.15, 0.2) is 18.2 Å². The fourth-order valence-corrected chi connectivity index (χ4v) is 2.49. The van der Waals surface area contributed by atoms with Crippen LogP contribution in [0.2, 0.25) is 0 Å². The van der Waals surface area contributed by atoms with E-state index in [1.54, 1.807) is 7.11 Å². The maximum atomic E-state index is 5.28. The molecule has 0 aliphatic rings. The van der Waals surface area contributed by atoms with Gasteiger partial charge in [-0.15, -0.1) is 0 Å². The summed E-state index contributed by atoms with van der Waals surface area (Å²) in [6.07, 6.45) is 2.48. The van der Waals surface area contributed by atoms with Crippen molar-refractivity contribution in [3.05, 3.63) is 29.3 Å². The normalized spacial score (nSPS) is 12.8. The Morgan fingerprint density at radius 1 is 1.22 bits per heavy atom. The average molecular weight is 249 g/mol. The van der Waals surface area contributed by atoms with Gasteiger partial charge in [0.15, 0.2) is 0 Å². The van der Waals surface area contributed by atoms with E-state index in [0.717, 1.165) is 18.2 Å². The maximum Gasteiger partial charge on any atom is 0.121 e. The van der Waals surface area contributed by atoms with E-state index in [1.807, 2.05) is 6.07 Å². The number of rotatable bonds is 7. The summed E-state index contributed by atoms with van der Waals surface area (Å²) in [5.74, 6) is 1.73. The third-order valence-corrected chi connectivity index (χ3v) is 3.84. The number of aryl methyl sites for hydroxylation is 1. The second-order valence-corrected chi connectivity index (χ2v) is 5.05. The number of hydrogen-bond donors (Lipinski definition) is 1. The third-order valence-electron chi connectivity index (χ3n) is 3.84. The zero-order chi connectivity index (χ0) is 13.5. The lowest BCUT2D eigenvalue weighted by atomic mass is 9.95. The number of benzene rings is 1. The summed E-state index contributed by atoms with van der Waals surface area (Å²) < 4.78 is 5.28. The van der Waals surface area contributed by atoms with Gasteiger partial charge in [0.25, 0.3) is 0 Å².